The Morgan fingerprint density at radius 2 is 1.83 bits per heavy atom. The molecule has 0 N–H and O–H groups in total. The molecule has 1 aliphatic heterocycles. The third kappa shape index (κ3) is 2.60. The lowest BCUT2D eigenvalue weighted by Crippen LogP contribution is -2.30. The molecule has 0 saturated heterocycles. The molecule has 1 aliphatic rings. The van der Waals surface area contributed by atoms with Gasteiger partial charge in [0, 0.05) is 36.2 Å². The largest absolute Gasteiger partial charge is 0.367 e. The van der Waals surface area contributed by atoms with Crippen molar-refractivity contribution in [3.05, 3.63) is 58.9 Å². The van der Waals surface area contributed by atoms with Crippen molar-refractivity contribution in [3.8, 4) is 0 Å². The Kier molecular flexibility index (Phi) is 4.10. The first-order valence-electron chi connectivity index (χ1n) is 5.75. The summed E-state index contributed by atoms with van der Waals surface area (Å²) in [7, 11) is 0. The molecule has 94 valence electrons. The fraction of sp³-hybridized carbons (Fsp3) is 0.214. The number of hydrogen-bond acceptors (Lipinski definition) is 2. The highest BCUT2D eigenvalue weighted by Gasteiger charge is 2.16. The molecule has 2 nitrogen and oxygen atoms in total. The van der Waals surface area contributed by atoms with Crippen molar-refractivity contribution in [2.24, 2.45) is 0 Å². The van der Waals surface area contributed by atoms with Crippen LogP contribution in [0.3, 0.4) is 0 Å². The van der Waals surface area contributed by atoms with Crippen LogP contribution >= 0.6 is 24.0 Å². The summed E-state index contributed by atoms with van der Waals surface area (Å²) < 4.78 is 0. The van der Waals surface area contributed by atoms with Crippen LogP contribution in [-0.2, 0) is 13.0 Å². The van der Waals surface area contributed by atoms with Gasteiger partial charge in [-0.3, -0.25) is 4.98 Å². The molecule has 0 saturated carbocycles. The quantitative estimate of drug-likeness (QED) is 0.792. The van der Waals surface area contributed by atoms with E-state index in [1.807, 2.05) is 18.5 Å². The number of anilines is 1. The average molecular weight is 281 g/mol. The van der Waals surface area contributed by atoms with Gasteiger partial charge in [0.25, 0.3) is 0 Å². The van der Waals surface area contributed by atoms with Crippen LogP contribution in [0.25, 0.3) is 0 Å². The lowest BCUT2D eigenvalue weighted by atomic mass is 9.99. The van der Waals surface area contributed by atoms with Crippen molar-refractivity contribution in [3.63, 3.8) is 0 Å². The van der Waals surface area contributed by atoms with Crippen molar-refractivity contribution < 1.29 is 0 Å². The minimum Gasteiger partial charge on any atom is -0.367 e. The lowest BCUT2D eigenvalue weighted by Gasteiger charge is -2.30. The van der Waals surface area contributed by atoms with E-state index in [1.165, 1.54) is 16.8 Å². The molecule has 0 radical (unpaired) electrons. The summed E-state index contributed by atoms with van der Waals surface area (Å²) in [6.45, 7) is 1.99. The van der Waals surface area contributed by atoms with E-state index in [1.54, 1.807) is 0 Å². The highest BCUT2D eigenvalue weighted by atomic mass is 35.5. The maximum absolute atomic E-state index is 6.01. The number of hydrogen-bond donors (Lipinski definition) is 0. The summed E-state index contributed by atoms with van der Waals surface area (Å²) in [6.07, 6.45) is 4.73. The summed E-state index contributed by atoms with van der Waals surface area (Å²) in [5, 5.41) is 0.834. The standard InChI is InChI=1S/C14H13ClN2.ClH/c15-13-2-1-12-10-17(8-5-11(12)9-13)14-3-6-16-7-4-14;/h1-4,6-7,9H,5,8,10H2;1H. The molecule has 2 aromatic rings. The first-order valence-corrected chi connectivity index (χ1v) is 6.13. The first-order chi connectivity index (χ1) is 8.33. The molecule has 4 heteroatoms. The van der Waals surface area contributed by atoms with Gasteiger partial charge in [-0.05, 0) is 41.8 Å². The van der Waals surface area contributed by atoms with Crippen LogP contribution in [-0.4, -0.2) is 11.5 Å². The molecule has 0 fully saturated rings. The van der Waals surface area contributed by atoms with E-state index in [2.05, 4.69) is 34.1 Å². The van der Waals surface area contributed by atoms with Gasteiger partial charge in [-0.2, -0.15) is 0 Å². The van der Waals surface area contributed by atoms with Gasteiger partial charge in [0.2, 0.25) is 0 Å². The van der Waals surface area contributed by atoms with E-state index in [4.69, 9.17) is 11.6 Å². The molecule has 0 amide bonds. The number of aromatic nitrogens is 1. The van der Waals surface area contributed by atoms with E-state index in [0.717, 1.165) is 24.5 Å². The smallest absolute Gasteiger partial charge is 0.0432 e. The van der Waals surface area contributed by atoms with Crippen molar-refractivity contribution in [1.82, 2.24) is 4.98 Å². The van der Waals surface area contributed by atoms with Crippen LogP contribution in [0.15, 0.2) is 42.7 Å². The summed E-state index contributed by atoms with van der Waals surface area (Å²) in [5.41, 5.74) is 3.99. The Balaban J connectivity index is 0.00000120. The second kappa shape index (κ2) is 5.59. The van der Waals surface area contributed by atoms with Crippen LogP contribution in [0.5, 0.6) is 0 Å². The Labute approximate surface area is 118 Å². The molecule has 0 bridgehead atoms. The zero-order valence-electron chi connectivity index (χ0n) is 9.84. The van der Waals surface area contributed by atoms with Crippen LogP contribution in [0.1, 0.15) is 11.1 Å². The molecular weight excluding hydrogens is 267 g/mol. The van der Waals surface area contributed by atoms with Gasteiger partial charge in [0.05, 0.1) is 0 Å². The SMILES string of the molecule is Cl.Clc1ccc2c(c1)CCN(c1ccncc1)C2. The second-order valence-electron chi connectivity index (χ2n) is 4.29. The van der Waals surface area contributed by atoms with Gasteiger partial charge in [0.1, 0.15) is 0 Å². The number of nitrogens with zero attached hydrogens (tertiary/aromatic N) is 2. The molecular formula is C14H14Cl2N2. The second-order valence-corrected chi connectivity index (χ2v) is 4.73. The Morgan fingerprint density at radius 1 is 1.06 bits per heavy atom. The van der Waals surface area contributed by atoms with E-state index in [0.29, 0.717) is 0 Å². The first kappa shape index (κ1) is 13.2. The number of halogens is 2. The van der Waals surface area contributed by atoms with Gasteiger partial charge in [-0.25, -0.2) is 0 Å². The van der Waals surface area contributed by atoms with Gasteiger partial charge >= 0.3 is 0 Å². The minimum atomic E-state index is 0. The molecule has 0 atom stereocenters. The number of benzene rings is 1. The van der Waals surface area contributed by atoms with Crippen molar-refractivity contribution in [2.75, 3.05) is 11.4 Å². The number of rotatable bonds is 1. The summed E-state index contributed by atoms with van der Waals surface area (Å²) >= 11 is 6.01. The molecule has 1 aromatic carbocycles. The molecule has 2 heterocycles. The lowest BCUT2D eigenvalue weighted by molar-refractivity contribution is 0.731. The van der Waals surface area contributed by atoms with Crippen molar-refractivity contribution >= 4 is 29.7 Å². The minimum absolute atomic E-state index is 0. The Hall–Kier alpha value is -1.25. The third-order valence-electron chi connectivity index (χ3n) is 3.21. The molecule has 0 spiro atoms. The van der Waals surface area contributed by atoms with Gasteiger partial charge in [0.15, 0.2) is 0 Å². The monoisotopic (exact) mass is 280 g/mol. The van der Waals surface area contributed by atoms with E-state index in [9.17, 15) is 0 Å². The van der Waals surface area contributed by atoms with E-state index < -0.39 is 0 Å². The maximum atomic E-state index is 6.01. The van der Waals surface area contributed by atoms with E-state index in [-0.39, 0.29) is 12.4 Å². The van der Waals surface area contributed by atoms with Crippen LogP contribution in [0, 0.1) is 0 Å². The number of fused-ring (bicyclic) bond motifs is 1. The van der Waals surface area contributed by atoms with Crippen molar-refractivity contribution in [1.29, 1.82) is 0 Å². The van der Waals surface area contributed by atoms with Crippen molar-refractivity contribution in [2.45, 2.75) is 13.0 Å². The predicted molar refractivity (Wildman–Crippen MR) is 77.7 cm³/mol. The van der Waals surface area contributed by atoms with Gasteiger partial charge in [-0.1, -0.05) is 17.7 Å². The van der Waals surface area contributed by atoms with Crippen LogP contribution in [0.4, 0.5) is 5.69 Å². The average Bonchev–Trinajstić information content (AvgIpc) is 2.39. The zero-order chi connectivity index (χ0) is 11.7. The Bertz CT molecular complexity index is 529. The maximum Gasteiger partial charge on any atom is 0.0432 e. The van der Waals surface area contributed by atoms with E-state index >= 15 is 0 Å². The molecule has 0 unspecified atom stereocenters. The Morgan fingerprint density at radius 3 is 2.61 bits per heavy atom. The normalized spacial score (nSPS) is 13.7. The van der Waals surface area contributed by atoms with Crippen LogP contribution < -0.4 is 4.90 Å². The highest BCUT2D eigenvalue weighted by Crippen LogP contribution is 2.25. The van der Waals surface area contributed by atoms with Gasteiger partial charge in [-0.15, -0.1) is 12.4 Å². The fourth-order valence-electron chi connectivity index (χ4n) is 2.30. The highest BCUT2D eigenvalue weighted by molar-refractivity contribution is 6.30. The van der Waals surface area contributed by atoms with Gasteiger partial charge < -0.3 is 4.90 Å². The predicted octanol–water partition coefficient (Wildman–Crippen LogP) is 3.72. The summed E-state index contributed by atoms with van der Waals surface area (Å²) in [4.78, 5) is 6.42. The zero-order valence-corrected chi connectivity index (χ0v) is 11.4. The van der Waals surface area contributed by atoms with Crippen LogP contribution in [0.2, 0.25) is 5.02 Å². The summed E-state index contributed by atoms with van der Waals surface area (Å²) in [5.74, 6) is 0. The fourth-order valence-corrected chi connectivity index (χ4v) is 2.49. The summed E-state index contributed by atoms with van der Waals surface area (Å²) in [6, 6.07) is 10.3. The number of pyridine rings is 1. The molecule has 1 aromatic heterocycles. The topological polar surface area (TPSA) is 16.1 Å². The third-order valence-corrected chi connectivity index (χ3v) is 3.44. The molecule has 18 heavy (non-hydrogen) atoms. The molecule has 0 aliphatic carbocycles. The molecule has 3 rings (SSSR count).